The van der Waals surface area contributed by atoms with Gasteiger partial charge in [-0.05, 0) is 31.0 Å². The molecular weight excluding hydrogens is 463 g/mol. The molecule has 182 valence electrons. The maximum Gasteiger partial charge on any atom is 0.573 e. The second-order valence-corrected chi connectivity index (χ2v) is 8.43. The molecule has 1 aromatic carbocycles. The summed E-state index contributed by atoms with van der Waals surface area (Å²) in [5.74, 6) is 0.226. The van der Waals surface area contributed by atoms with Gasteiger partial charge in [-0.2, -0.15) is 5.10 Å². The van der Waals surface area contributed by atoms with Crippen molar-refractivity contribution in [3.8, 4) is 28.2 Å². The Hall–Kier alpha value is -4.02. The SMILES string of the molecule is CC(=O)N1CCC(n2cc(-c3cnc(N)c4oc(-c5cccc(OC(F)(F)F)c5)cc34)cn2)CC1. The highest BCUT2D eigenvalue weighted by Gasteiger charge is 2.31. The highest BCUT2D eigenvalue weighted by atomic mass is 19.4. The van der Waals surface area contributed by atoms with E-state index in [2.05, 4.69) is 14.8 Å². The monoisotopic (exact) mass is 485 g/mol. The molecule has 8 nitrogen and oxygen atoms in total. The van der Waals surface area contributed by atoms with Crippen LogP contribution >= 0.6 is 0 Å². The van der Waals surface area contributed by atoms with Crippen LogP contribution in [-0.4, -0.2) is 45.0 Å². The van der Waals surface area contributed by atoms with Crippen LogP contribution in [0.25, 0.3) is 33.4 Å². The second-order valence-electron chi connectivity index (χ2n) is 8.43. The number of rotatable bonds is 4. The number of aromatic nitrogens is 3. The lowest BCUT2D eigenvalue weighted by Gasteiger charge is -2.31. The molecule has 2 N–H and O–H groups in total. The Morgan fingerprint density at radius 3 is 2.66 bits per heavy atom. The van der Waals surface area contributed by atoms with Gasteiger partial charge in [0, 0.05) is 54.5 Å². The highest BCUT2D eigenvalue weighted by Crippen LogP contribution is 2.38. The van der Waals surface area contributed by atoms with E-state index in [1.54, 1.807) is 31.5 Å². The first-order valence-corrected chi connectivity index (χ1v) is 11.0. The van der Waals surface area contributed by atoms with Gasteiger partial charge in [-0.25, -0.2) is 4.98 Å². The van der Waals surface area contributed by atoms with Gasteiger partial charge in [0.25, 0.3) is 0 Å². The van der Waals surface area contributed by atoms with Crippen molar-refractivity contribution in [3.05, 3.63) is 48.9 Å². The zero-order chi connectivity index (χ0) is 24.7. The van der Waals surface area contributed by atoms with Gasteiger partial charge in [-0.1, -0.05) is 12.1 Å². The molecule has 4 aromatic rings. The number of nitrogens with two attached hydrogens (primary N) is 1. The van der Waals surface area contributed by atoms with Crippen molar-refractivity contribution in [1.29, 1.82) is 0 Å². The van der Waals surface area contributed by atoms with E-state index in [0.29, 0.717) is 35.4 Å². The summed E-state index contributed by atoms with van der Waals surface area (Å²) in [6.45, 7) is 2.95. The number of ether oxygens (including phenoxy) is 1. The first kappa shape index (κ1) is 22.8. The summed E-state index contributed by atoms with van der Waals surface area (Å²) in [5, 5.41) is 5.19. The molecule has 5 rings (SSSR count). The minimum absolute atomic E-state index is 0.0752. The van der Waals surface area contributed by atoms with Crippen molar-refractivity contribution in [2.45, 2.75) is 32.2 Å². The Labute approximate surface area is 198 Å². The summed E-state index contributed by atoms with van der Waals surface area (Å²) in [7, 11) is 0. The van der Waals surface area contributed by atoms with E-state index in [4.69, 9.17) is 10.2 Å². The molecule has 0 atom stereocenters. The average Bonchev–Trinajstić information content (AvgIpc) is 3.47. The van der Waals surface area contributed by atoms with Crippen LogP contribution < -0.4 is 10.5 Å². The molecule has 0 saturated carbocycles. The number of likely N-dealkylation sites (tertiary alicyclic amines) is 1. The Kier molecular flexibility index (Phi) is 5.62. The van der Waals surface area contributed by atoms with Crippen molar-refractivity contribution < 1.29 is 27.1 Å². The van der Waals surface area contributed by atoms with Crippen LogP contribution in [0.4, 0.5) is 19.0 Å². The summed E-state index contributed by atoms with van der Waals surface area (Å²) >= 11 is 0. The maximum atomic E-state index is 12.6. The Morgan fingerprint density at radius 2 is 1.94 bits per heavy atom. The highest BCUT2D eigenvalue weighted by molar-refractivity contribution is 6.00. The maximum absolute atomic E-state index is 12.6. The Balaban J connectivity index is 1.46. The molecule has 1 aliphatic rings. The van der Waals surface area contributed by atoms with Gasteiger partial charge < -0.3 is 19.8 Å². The molecule has 1 aliphatic heterocycles. The first-order chi connectivity index (χ1) is 16.7. The van der Waals surface area contributed by atoms with Crippen molar-refractivity contribution >= 4 is 22.7 Å². The molecule has 35 heavy (non-hydrogen) atoms. The predicted octanol–water partition coefficient (Wildman–Crippen LogP) is 5.02. The summed E-state index contributed by atoms with van der Waals surface area (Å²) in [6, 6.07) is 7.44. The number of hydrogen-bond acceptors (Lipinski definition) is 6. The smallest absolute Gasteiger partial charge is 0.452 e. The molecule has 0 aliphatic carbocycles. The summed E-state index contributed by atoms with van der Waals surface area (Å²) < 4.78 is 49.7. The lowest BCUT2D eigenvalue weighted by molar-refractivity contribution is -0.274. The van der Waals surface area contributed by atoms with E-state index in [0.717, 1.165) is 24.0 Å². The second kappa shape index (κ2) is 8.64. The summed E-state index contributed by atoms with van der Waals surface area (Å²) in [6.07, 6.45) is 2.10. The summed E-state index contributed by atoms with van der Waals surface area (Å²) in [5.41, 5.74) is 8.31. The third kappa shape index (κ3) is 4.66. The van der Waals surface area contributed by atoms with E-state index in [9.17, 15) is 18.0 Å². The average molecular weight is 485 g/mol. The number of nitrogens with zero attached hydrogens (tertiary/aromatic N) is 4. The number of carbonyl (C=O) groups is 1. The van der Waals surface area contributed by atoms with Gasteiger partial charge in [0.05, 0.1) is 12.2 Å². The molecule has 1 fully saturated rings. The number of anilines is 1. The number of fused-ring (bicyclic) bond motifs is 1. The molecule has 0 spiro atoms. The fraction of sp³-hybridized carbons (Fsp3) is 0.292. The number of carbonyl (C=O) groups excluding carboxylic acids is 1. The fourth-order valence-electron chi connectivity index (χ4n) is 4.38. The molecule has 1 amide bonds. The topological polar surface area (TPSA) is 99.4 Å². The standard InChI is InChI=1S/C24H22F3N5O3/c1-14(33)31-7-5-17(6-8-31)32-13-16(11-30-32)20-12-29-23(28)22-19(20)10-21(34-22)15-3-2-4-18(9-15)35-24(25,26)27/h2-4,9-13,17H,5-8H2,1H3,(H2,28,29). The van der Waals surface area contributed by atoms with E-state index in [1.807, 2.05) is 15.8 Å². The van der Waals surface area contributed by atoms with Crippen LogP contribution in [0.1, 0.15) is 25.8 Å². The number of benzene rings is 1. The molecule has 1 saturated heterocycles. The summed E-state index contributed by atoms with van der Waals surface area (Å²) in [4.78, 5) is 17.7. The predicted molar refractivity (Wildman–Crippen MR) is 122 cm³/mol. The number of furan rings is 1. The number of piperidine rings is 1. The molecule has 3 aromatic heterocycles. The van der Waals surface area contributed by atoms with Crippen LogP contribution in [0, 0.1) is 0 Å². The van der Waals surface area contributed by atoms with Crippen LogP contribution in [-0.2, 0) is 4.79 Å². The third-order valence-corrected chi connectivity index (χ3v) is 6.14. The van der Waals surface area contributed by atoms with Crippen LogP contribution in [0.5, 0.6) is 5.75 Å². The van der Waals surface area contributed by atoms with Crippen LogP contribution in [0.3, 0.4) is 0 Å². The van der Waals surface area contributed by atoms with Gasteiger partial charge in [0.1, 0.15) is 11.5 Å². The third-order valence-electron chi connectivity index (χ3n) is 6.14. The first-order valence-electron chi connectivity index (χ1n) is 11.0. The van der Waals surface area contributed by atoms with Crippen molar-refractivity contribution in [3.63, 3.8) is 0 Å². The fourth-order valence-corrected chi connectivity index (χ4v) is 4.38. The molecule has 0 unspecified atom stereocenters. The number of hydrogen-bond donors (Lipinski definition) is 1. The molecule has 11 heteroatoms. The number of halogens is 3. The normalized spacial score (nSPS) is 15.0. The van der Waals surface area contributed by atoms with Crippen LogP contribution in [0.15, 0.2) is 53.3 Å². The molecule has 0 radical (unpaired) electrons. The minimum Gasteiger partial charge on any atom is -0.452 e. The van der Waals surface area contributed by atoms with E-state index in [-0.39, 0.29) is 23.5 Å². The molecular formula is C24H22F3N5O3. The van der Waals surface area contributed by atoms with Gasteiger partial charge in [-0.15, -0.1) is 13.2 Å². The minimum atomic E-state index is -4.79. The molecule has 4 heterocycles. The number of alkyl halides is 3. The quantitative estimate of drug-likeness (QED) is 0.436. The van der Waals surface area contributed by atoms with E-state index >= 15 is 0 Å². The zero-order valence-corrected chi connectivity index (χ0v) is 18.7. The van der Waals surface area contributed by atoms with E-state index in [1.165, 1.54) is 18.2 Å². The Morgan fingerprint density at radius 1 is 1.17 bits per heavy atom. The lowest BCUT2D eigenvalue weighted by atomic mass is 10.0. The van der Waals surface area contributed by atoms with Crippen LogP contribution in [0.2, 0.25) is 0 Å². The van der Waals surface area contributed by atoms with Gasteiger partial charge in [0.2, 0.25) is 5.91 Å². The number of nitrogen functional groups attached to an aromatic ring is 1. The largest absolute Gasteiger partial charge is 0.573 e. The van der Waals surface area contributed by atoms with Crippen molar-refractivity contribution in [1.82, 2.24) is 19.7 Å². The van der Waals surface area contributed by atoms with Crippen molar-refractivity contribution in [2.75, 3.05) is 18.8 Å². The number of amides is 1. The Bertz CT molecular complexity index is 1390. The molecule has 0 bridgehead atoms. The van der Waals surface area contributed by atoms with Gasteiger partial charge >= 0.3 is 6.36 Å². The van der Waals surface area contributed by atoms with Gasteiger partial charge in [0.15, 0.2) is 11.4 Å². The van der Waals surface area contributed by atoms with Crippen molar-refractivity contribution in [2.24, 2.45) is 0 Å². The van der Waals surface area contributed by atoms with Gasteiger partial charge in [-0.3, -0.25) is 9.48 Å². The number of pyridine rings is 1. The zero-order valence-electron chi connectivity index (χ0n) is 18.7. The van der Waals surface area contributed by atoms with E-state index < -0.39 is 6.36 Å². The lowest BCUT2D eigenvalue weighted by Crippen LogP contribution is -2.37.